The average molecular weight is 364 g/mol. The third-order valence-corrected chi connectivity index (χ3v) is 5.65. The van der Waals surface area contributed by atoms with Crippen LogP contribution in [-0.2, 0) is 0 Å². The largest absolute Gasteiger partial charge is 0.293 e. The lowest BCUT2D eigenvalue weighted by molar-refractivity contribution is 0.102. The number of rotatable bonds is 5. The highest BCUT2D eigenvalue weighted by Crippen LogP contribution is 2.37. The van der Waals surface area contributed by atoms with Crippen LogP contribution in [0.2, 0.25) is 0 Å². The number of hydrogen-bond acceptors (Lipinski definition) is 4. The lowest BCUT2D eigenvalue weighted by Crippen LogP contribution is -2.22. The Balaban J connectivity index is 1.65. The molecule has 5 heteroatoms. The maximum absolute atomic E-state index is 12.9. The Morgan fingerprint density at radius 2 is 1.96 bits per heavy atom. The molecule has 1 aliphatic rings. The van der Waals surface area contributed by atoms with Gasteiger partial charge in [0.2, 0.25) is 0 Å². The second-order valence-electron chi connectivity index (χ2n) is 6.85. The number of carbonyl (C=O) groups excluding carboxylic acids is 1. The van der Waals surface area contributed by atoms with Gasteiger partial charge in [0.05, 0.1) is 16.7 Å². The minimum absolute atomic E-state index is 0.000402. The Morgan fingerprint density at radius 1 is 1.19 bits per heavy atom. The summed E-state index contributed by atoms with van der Waals surface area (Å²) in [5, 5.41) is 1.29. The van der Waals surface area contributed by atoms with Crippen molar-refractivity contribution in [2.45, 2.75) is 37.9 Å². The molecule has 132 valence electrons. The van der Waals surface area contributed by atoms with Gasteiger partial charge in [-0.2, -0.15) is 0 Å². The van der Waals surface area contributed by atoms with Gasteiger partial charge in [0.15, 0.2) is 10.9 Å². The molecule has 1 aromatic heterocycles. The molecule has 0 N–H and O–H groups in total. The van der Waals surface area contributed by atoms with E-state index in [2.05, 4.69) is 4.98 Å². The van der Waals surface area contributed by atoms with Gasteiger partial charge in [-0.15, -0.1) is 0 Å². The Hall–Kier alpha value is -2.40. The second-order valence-corrected chi connectivity index (χ2v) is 7.79. The molecule has 0 saturated heterocycles. The van der Waals surface area contributed by atoms with E-state index in [0.717, 1.165) is 29.5 Å². The van der Waals surface area contributed by atoms with Crippen molar-refractivity contribution in [3.63, 3.8) is 0 Å². The van der Waals surface area contributed by atoms with Crippen molar-refractivity contribution >= 4 is 28.4 Å². The zero-order chi connectivity index (χ0) is 18.3. The number of aromatic nitrogens is 2. The van der Waals surface area contributed by atoms with Crippen LogP contribution in [0.5, 0.6) is 0 Å². The topological polar surface area (TPSA) is 52.0 Å². The highest BCUT2D eigenvalue weighted by molar-refractivity contribution is 7.99. The zero-order valence-electron chi connectivity index (χ0n) is 14.9. The quantitative estimate of drug-likeness (QED) is 0.384. The Kier molecular flexibility index (Phi) is 4.41. The van der Waals surface area contributed by atoms with E-state index in [4.69, 9.17) is 0 Å². The third kappa shape index (κ3) is 3.19. The molecule has 4 rings (SSSR count). The van der Waals surface area contributed by atoms with Crippen LogP contribution in [0.1, 0.15) is 40.4 Å². The third-order valence-electron chi connectivity index (χ3n) is 4.70. The maximum Gasteiger partial charge on any atom is 0.262 e. The first-order valence-corrected chi connectivity index (χ1v) is 9.77. The SMILES string of the molecule is Cc1ccc(C(=O)CSc2nc3ccccc3c(=O)n2C2CC2)c(C)c1. The molecule has 0 radical (unpaired) electrons. The van der Waals surface area contributed by atoms with Gasteiger partial charge >= 0.3 is 0 Å². The number of fused-ring (bicyclic) bond motifs is 1. The molecule has 3 aromatic rings. The normalized spacial score (nSPS) is 13.9. The molecule has 0 amide bonds. The smallest absolute Gasteiger partial charge is 0.262 e. The molecule has 26 heavy (non-hydrogen) atoms. The molecule has 4 nitrogen and oxygen atoms in total. The highest BCUT2D eigenvalue weighted by Gasteiger charge is 2.28. The molecule has 0 spiro atoms. The number of benzene rings is 2. The van der Waals surface area contributed by atoms with Crippen molar-refractivity contribution < 1.29 is 4.79 Å². The van der Waals surface area contributed by atoms with Crippen LogP contribution in [0.15, 0.2) is 52.4 Å². The summed E-state index contributed by atoms with van der Waals surface area (Å²) < 4.78 is 1.78. The molecular weight excluding hydrogens is 344 g/mol. The number of thioether (sulfide) groups is 1. The summed E-state index contributed by atoms with van der Waals surface area (Å²) >= 11 is 1.36. The van der Waals surface area contributed by atoms with Crippen LogP contribution in [0.25, 0.3) is 10.9 Å². The summed E-state index contributed by atoms with van der Waals surface area (Å²) in [7, 11) is 0. The number of hydrogen-bond donors (Lipinski definition) is 0. The average Bonchev–Trinajstić information content (AvgIpc) is 3.44. The summed E-state index contributed by atoms with van der Waals surface area (Å²) in [5.74, 6) is 0.346. The molecule has 2 aromatic carbocycles. The number of para-hydroxylation sites is 1. The van der Waals surface area contributed by atoms with Gasteiger partial charge in [0, 0.05) is 11.6 Å². The number of carbonyl (C=O) groups is 1. The fraction of sp³-hybridized carbons (Fsp3) is 0.286. The van der Waals surface area contributed by atoms with Crippen molar-refractivity contribution in [3.8, 4) is 0 Å². The molecule has 1 fully saturated rings. The number of ketones is 1. The standard InChI is InChI=1S/C21H20N2O2S/c1-13-7-10-16(14(2)11-13)19(24)12-26-21-22-18-6-4-3-5-17(18)20(25)23(21)15-8-9-15/h3-7,10-11,15H,8-9,12H2,1-2H3. The van der Waals surface area contributed by atoms with Crippen LogP contribution in [0.3, 0.4) is 0 Å². The van der Waals surface area contributed by atoms with E-state index in [-0.39, 0.29) is 23.1 Å². The number of nitrogens with zero attached hydrogens (tertiary/aromatic N) is 2. The van der Waals surface area contributed by atoms with Crippen molar-refractivity contribution in [2.24, 2.45) is 0 Å². The van der Waals surface area contributed by atoms with E-state index >= 15 is 0 Å². The minimum Gasteiger partial charge on any atom is -0.293 e. The highest BCUT2D eigenvalue weighted by atomic mass is 32.2. The van der Waals surface area contributed by atoms with Gasteiger partial charge in [-0.25, -0.2) is 4.98 Å². The van der Waals surface area contributed by atoms with E-state index in [1.54, 1.807) is 4.57 Å². The van der Waals surface area contributed by atoms with Gasteiger partial charge in [0.25, 0.3) is 5.56 Å². The van der Waals surface area contributed by atoms with E-state index in [9.17, 15) is 9.59 Å². The predicted octanol–water partition coefficient (Wildman–Crippen LogP) is 4.32. The monoisotopic (exact) mass is 364 g/mol. The lowest BCUT2D eigenvalue weighted by Gasteiger charge is -2.12. The van der Waals surface area contributed by atoms with Crippen molar-refractivity contribution in [3.05, 3.63) is 69.5 Å². The summed E-state index contributed by atoms with van der Waals surface area (Å²) in [4.78, 5) is 30.2. The van der Waals surface area contributed by atoms with Crippen LogP contribution < -0.4 is 5.56 Å². The molecule has 0 atom stereocenters. The summed E-state index contributed by atoms with van der Waals surface area (Å²) in [6.45, 7) is 3.97. The first-order valence-electron chi connectivity index (χ1n) is 8.79. The summed E-state index contributed by atoms with van der Waals surface area (Å²) in [6, 6.07) is 13.5. The summed E-state index contributed by atoms with van der Waals surface area (Å²) in [5.41, 5.74) is 3.56. The fourth-order valence-corrected chi connectivity index (χ4v) is 4.17. The molecule has 1 saturated carbocycles. The predicted molar refractivity (Wildman–Crippen MR) is 105 cm³/mol. The molecular formula is C21H20N2O2S. The van der Waals surface area contributed by atoms with Crippen molar-refractivity contribution in [1.29, 1.82) is 0 Å². The minimum atomic E-state index is -0.000402. The summed E-state index contributed by atoms with van der Waals surface area (Å²) in [6.07, 6.45) is 2.00. The second kappa shape index (κ2) is 6.72. The molecule has 0 aliphatic heterocycles. The van der Waals surface area contributed by atoms with Crippen LogP contribution >= 0.6 is 11.8 Å². The molecule has 0 bridgehead atoms. The van der Waals surface area contributed by atoms with Gasteiger partial charge in [0.1, 0.15) is 0 Å². The maximum atomic E-state index is 12.9. The Morgan fingerprint density at radius 3 is 2.69 bits per heavy atom. The fourth-order valence-electron chi connectivity index (χ4n) is 3.22. The lowest BCUT2D eigenvalue weighted by atomic mass is 10.0. The molecule has 1 aliphatic carbocycles. The van der Waals surface area contributed by atoms with Crippen LogP contribution in [0, 0.1) is 13.8 Å². The van der Waals surface area contributed by atoms with E-state index in [1.165, 1.54) is 11.8 Å². The molecule has 0 unspecified atom stereocenters. The van der Waals surface area contributed by atoms with Crippen LogP contribution in [-0.4, -0.2) is 21.1 Å². The molecule has 1 heterocycles. The van der Waals surface area contributed by atoms with Gasteiger partial charge in [-0.1, -0.05) is 47.7 Å². The van der Waals surface area contributed by atoms with E-state index in [0.29, 0.717) is 16.1 Å². The first-order chi connectivity index (χ1) is 12.5. The van der Waals surface area contributed by atoms with Gasteiger partial charge < -0.3 is 0 Å². The van der Waals surface area contributed by atoms with Gasteiger partial charge in [-0.3, -0.25) is 14.2 Å². The first kappa shape index (κ1) is 17.0. The number of aryl methyl sites for hydroxylation is 2. The van der Waals surface area contributed by atoms with Crippen molar-refractivity contribution in [1.82, 2.24) is 9.55 Å². The van der Waals surface area contributed by atoms with E-state index in [1.807, 2.05) is 56.3 Å². The Bertz CT molecular complexity index is 1070. The van der Waals surface area contributed by atoms with E-state index < -0.39 is 0 Å². The zero-order valence-corrected chi connectivity index (χ0v) is 15.7. The van der Waals surface area contributed by atoms with Crippen LogP contribution in [0.4, 0.5) is 0 Å². The van der Waals surface area contributed by atoms with Crippen molar-refractivity contribution in [2.75, 3.05) is 5.75 Å². The van der Waals surface area contributed by atoms with Gasteiger partial charge in [-0.05, 0) is 44.4 Å². The number of Topliss-reactive ketones (excluding diaryl/α,β-unsaturated/α-hetero) is 1. The Labute approximate surface area is 156 Å².